The van der Waals surface area contributed by atoms with Crippen molar-refractivity contribution >= 4 is 16.8 Å². The summed E-state index contributed by atoms with van der Waals surface area (Å²) < 4.78 is 11.6. The molecule has 1 atom stereocenters. The van der Waals surface area contributed by atoms with Crippen LogP contribution in [0.3, 0.4) is 0 Å². The van der Waals surface area contributed by atoms with E-state index in [1.54, 1.807) is 0 Å². The van der Waals surface area contributed by atoms with Crippen molar-refractivity contribution in [1.29, 1.82) is 0 Å². The lowest BCUT2D eigenvalue weighted by atomic mass is 9.74. The SMILES string of the molecule is O=C(N1CCOC[C@@H](Cc2cccc3[nH]ncc23)C1)C1(Cc2ccccc2)CCOCC1. The minimum atomic E-state index is -0.390. The van der Waals surface area contributed by atoms with Crippen LogP contribution in [0.25, 0.3) is 10.9 Å². The molecule has 32 heavy (non-hydrogen) atoms. The van der Waals surface area contributed by atoms with Crippen LogP contribution in [0.5, 0.6) is 0 Å². The number of aromatic amines is 1. The van der Waals surface area contributed by atoms with Crippen LogP contribution in [-0.4, -0.2) is 60.5 Å². The zero-order valence-corrected chi connectivity index (χ0v) is 18.5. The quantitative estimate of drug-likeness (QED) is 0.667. The number of aromatic nitrogens is 2. The Kier molecular flexibility index (Phi) is 6.23. The molecule has 1 amide bonds. The number of H-pyrrole nitrogens is 1. The molecule has 0 saturated carbocycles. The lowest BCUT2D eigenvalue weighted by molar-refractivity contribution is -0.148. The Morgan fingerprint density at radius 3 is 2.75 bits per heavy atom. The Morgan fingerprint density at radius 2 is 1.91 bits per heavy atom. The first kappa shape index (κ1) is 21.2. The number of hydrogen-bond donors (Lipinski definition) is 1. The minimum absolute atomic E-state index is 0.260. The predicted molar refractivity (Wildman–Crippen MR) is 123 cm³/mol. The molecule has 3 aromatic rings. The molecule has 168 valence electrons. The van der Waals surface area contributed by atoms with Gasteiger partial charge in [-0.2, -0.15) is 5.10 Å². The second-order valence-corrected chi connectivity index (χ2v) is 9.20. The summed E-state index contributed by atoms with van der Waals surface area (Å²) in [5, 5.41) is 8.40. The number of carbonyl (C=O) groups excluding carboxylic acids is 1. The Labute approximate surface area is 188 Å². The molecule has 2 aliphatic rings. The van der Waals surface area contributed by atoms with Crippen molar-refractivity contribution in [3.05, 3.63) is 65.9 Å². The maximum Gasteiger partial charge on any atom is 0.229 e. The normalized spacial score (nSPS) is 21.4. The summed E-state index contributed by atoms with van der Waals surface area (Å²) in [5.74, 6) is 0.525. The zero-order chi connectivity index (χ0) is 21.8. The fraction of sp³-hybridized carbons (Fsp3) is 0.462. The number of nitrogens with zero attached hydrogens (tertiary/aromatic N) is 2. The molecule has 2 aliphatic heterocycles. The Bertz CT molecular complexity index is 1040. The highest BCUT2D eigenvalue weighted by atomic mass is 16.5. The van der Waals surface area contributed by atoms with Gasteiger partial charge >= 0.3 is 0 Å². The highest BCUT2D eigenvalue weighted by Gasteiger charge is 2.43. The highest BCUT2D eigenvalue weighted by molar-refractivity contribution is 5.83. The van der Waals surface area contributed by atoms with Crippen molar-refractivity contribution in [1.82, 2.24) is 15.1 Å². The summed E-state index contributed by atoms with van der Waals surface area (Å²) in [7, 11) is 0. The molecule has 0 spiro atoms. The third-order valence-electron chi connectivity index (χ3n) is 7.00. The molecular formula is C26H31N3O3. The van der Waals surface area contributed by atoms with Crippen LogP contribution in [-0.2, 0) is 27.1 Å². The summed E-state index contributed by atoms with van der Waals surface area (Å²) in [4.78, 5) is 16.1. The van der Waals surface area contributed by atoms with E-state index in [0.29, 0.717) is 33.0 Å². The van der Waals surface area contributed by atoms with Crippen LogP contribution < -0.4 is 0 Å². The minimum Gasteiger partial charge on any atom is -0.381 e. The van der Waals surface area contributed by atoms with E-state index < -0.39 is 0 Å². The van der Waals surface area contributed by atoms with Gasteiger partial charge in [-0.3, -0.25) is 9.89 Å². The summed E-state index contributed by atoms with van der Waals surface area (Å²) in [5.41, 5.74) is 3.13. The van der Waals surface area contributed by atoms with E-state index in [1.807, 2.05) is 18.3 Å². The summed E-state index contributed by atoms with van der Waals surface area (Å²) >= 11 is 0. The average Bonchev–Trinajstić information content (AvgIpc) is 3.20. The first-order valence-corrected chi connectivity index (χ1v) is 11.6. The van der Waals surface area contributed by atoms with Crippen LogP contribution in [0.2, 0.25) is 0 Å². The molecule has 2 saturated heterocycles. The number of amides is 1. The summed E-state index contributed by atoms with van der Waals surface area (Å²) in [6, 6.07) is 16.7. The topological polar surface area (TPSA) is 67.5 Å². The maximum atomic E-state index is 14.0. The Hall–Kier alpha value is -2.70. The fourth-order valence-electron chi connectivity index (χ4n) is 5.26. The second kappa shape index (κ2) is 9.43. The molecule has 6 heteroatoms. The molecule has 6 nitrogen and oxygen atoms in total. The van der Waals surface area contributed by atoms with Gasteiger partial charge in [0.2, 0.25) is 5.91 Å². The summed E-state index contributed by atoms with van der Waals surface area (Å²) in [6.07, 6.45) is 5.08. The Balaban J connectivity index is 1.35. The molecule has 1 aromatic heterocycles. The van der Waals surface area contributed by atoms with Crippen molar-refractivity contribution in [3.63, 3.8) is 0 Å². The van der Waals surface area contributed by atoms with E-state index in [1.165, 1.54) is 11.1 Å². The van der Waals surface area contributed by atoms with E-state index in [0.717, 1.165) is 43.1 Å². The van der Waals surface area contributed by atoms with E-state index >= 15 is 0 Å². The number of rotatable bonds is 5. The smallest absolute Gasteiger partial charge is 0.229 e. The number of carbonyl (C=O) groups is 1. The second-order valence-electron chi connectivity index (χ2n) is 9.20. The van der Waals surface area contributed by atoms with E-state index in [9.17, 15) is 4.79 Å². The van der Waals surface area contributed by atoms with Gasteiger partial charge in [0.25, 0.3) is 0 Å². The van der Waals surface area contributed by atoms with E-state index in [-0.39, 0.29) is 17.2 Å². The third kappa shape index (κ3) is 4.43. The third-order valence-corrected chi connectivity index (χ3v) is 7.00. The predicted octanol–water partition coefficient (Wildman–Crippen LogP) is 3.62. The maximum absolute atomic E-state index is 14.0. The number of benzene rings is 2. The standard InChI is InChI=1S/C26H31N3O3/c30-25(26(9-12-31-13-10-26)16-20-5-2-1-3-6-20)29-11-14-32-19-21(18-29)15-22-7-4-8-24-23(22)17-27-28-24/h1-8,17,21H,9-16,18-19H2,(H,27,28)/t21-/m0/s1. The van der Waals surface area contributed by atoms with Gasteiger partial charge < -0.3 is 14.4 Å². The number of fused-ring (bicyclic) bond motifs is 1. The van der Waals surface area contributed by atoms with Gasteiger partial charge in [-0.25, -0.2) is 0 Å². The molecule has 2 fully saturated rings. The molecule has 0 unspecified atom stereocenters. The van der Waals surface area contributed by atoms with Crippen LogP contribution in [0.15, 0.2) is 54.7 Å². The van der Waals surface area contributed by atoms with Crippen LogP contribution in [0, 0.1) is 11.3 Å². The van der Waals surface area contributed by atoms with Gasteiger partial charge in [0, 0.05) is 37.6 Å². The molecule has 3 heterocycles. The number of ether oxygens (including phenoxy) is 2. The van der Waals surface area contributed by atoms with Crippen molar-refractivity contribution in [2.75, 3.05) is 39.5 Å². The van der Waals surface area contributed by atoms with Crippen LogP contribution in [0.1, 0.15) is 24.0 Å². The summed E-state index contributed by atoms with van der Waals surface area (Å²) in [6.45, 7) is 3.94. The molecule has 0 bridgehead atoms. The van der Waals surface area contributed by atoms with Gasteiger partial charge in [0.05, 0.1) is 30.3 Å². The Morgan fingerprint density at radius 1 is 1.06 bits per heavy atom. The van der Waals surface area contributed by atoms with Gasteiger partial charge in [0.15, 0.2) is 0 Å². The van der Waals surface area contributed by atoms with Crippen LogP contribution in [0.4, 0.5) is 0 Å². The van der Waals surface area contributed by atoms with Gasteiger partial charge in [0.1, 0.15) is 0 Å². The molecule has 0 aliphatic carbocycles. The lowest BCUT2D eigenvalue weighted by Gasteiger charge is -2.40. The molecule has 5 rings (SSSR count). The monoisotopic (exact) mass is 433 g/mol. The molecular weight excluding hydrogens is 402 g/mol. The molecule has 1 N–H and O–H groups in total. The van der Waals surface area contributed by atoms with Crippen molar-refractivity contribution < 1.29 is 14.3 Å². The number of nitrogens with one attached hydrogen (secondary N) is 1. The van der Waals surface area contributed by atoms with Gasteiger partial charge in [-0.15, -0.1) is 0 Å². The highest BCUT2D eigenvalue weighted by Crippen LogP contribution is 2.37. The number of hydrogen-bond acceptors (Lipinski definition) is 4. The largest absolute Gasteiger partial charge is 0.381 e. The van der Waals surface area contributed by atoms with Crippen molar-refractivity contribution in [3.8, 4) is 0 Å². The van der Waals surface area contributed by atoms with Gasteiger partial charge in [-0.1, -0.05) is 42.5 Å². The average molecular weight is 434 g/mol. The zero-order valence-electron chi connectivity index (χ0n) is 18.5. The van der Waals surface area contributed by atoms with Crippen molar-refractivity contribution in [2.24, 2.45) is 11.3 Å². The van der Waals surface area contributed by atoms with E-state index in [4.69, 9.17) is 9.47 Å². The van der Waals surface area contributed by atoms with Gasteiger partial charge in [-0.05, 0) is 42.9 Å². The fourth-order valence-corrected chi connectivity index (χ4v) is 5.26. The molecule has 0 radical (unpaired) electrons. The first-order chi connectivity index (χ1) is 15.7. The van der Waals surface area contributed by atoms with Crippen LogP contribution >= 0.6 is 0 Å². The molecule has 2 aromatic carbocycles. The van der Waals surface area contributed by atoms with Crippen molar-refractivity contribution in [2.45, 2.75) is 25.7 Å². The lowest BCUT2D eigenvalue weighted by Crippen LogP contribution is -2.50. The first-order valence-electron chi connectivity index (χ1n) is 11.6. The van der Waals surface area contributed by atoms with E-state index in [2.05, 4.69) is 51.5 Å².